The van der Waals surface area contributed by atoms with E-state index in [9.17, 15) is 19.2 Å². The molecule has 5 heterocycles. The van der Waals surface area contributed by atoms with Crippen molar-refractivity contribution in [3.8, 4) is 5.69 Å². The predicted molar refractivity (Wildman–Crippen MR) is 124 cm³/mol. The summed E-state index contributed by atoms with van der Waals surface area (Å²) in [7, 11) is 0. The summed E-state index contributed by atoms with van der Waals surface area (Å²) in [5.74, 6) is -0.249. The SMILES string of the molecule is O=C1CCC(N2Cc3cc(-n4cc(C(=O)N5CCSC6COCCC65)nn4)ccc3C2=O)C(=O)N1. The highest BCUT2D eigenvalue weighted by molar-refractivity contribution is 8.00. The molecule has 1 aromatic heterocycles. The summed E-state index contributed by atoms with van der Waals surface area (Å²) in [4.78, 5) is 53.3. The van der Waals surface area contributed by atoms with Crippen molar-refractivity contribution >= 4 is 35.4 Å². The lowest BCUT2D eigenvalue weighted by Gasteiger charge is -2.43. The van der Waals surface area contributed by atoms with Crippen molar-refractivity contribution in [2.45, 2.75) is 43.1 Å². The fourth-order valence-corrected chi connectivity index (χ4v) is 6.58. The second-order valence-corrected chi connectivity index (χ2v) is 10.5. The zero-order valence-electron chi connectivity index (χ0n) is 18.9. The molecule has 182 valence electrons. The van der Waals surface area contributed by atoms with Crippen molar-refractivity contribution < 1.29 is 23.9 Å². The molecule has 1 aromatic carbocycles. The van der Waals surface area contributed by atoms with E-state index in [1.54, 1.807) is 18.3 Å². The highest BCUT2D eigenvalue weighted by atomic mass is 32.2. The molecule has 3 saturated heterocycles. The van der Waals surface area contributed by atoms with Gasteiger partial charge in [-0.2, -0.15) is 11.8 Å². The molecule has 4 aliphatic heterocycles. The summed E-state index contributed by atoms with van der Waals surface area (Å²) in [6.07, 6.45) is 2.96. The number of imide groups is 1. The van der Waals surface area contributed by atoms with E-state index < -0.39 is 11.9 Å². The van der Waals surface area contributed by atoms with Gasteiger partial charge < -0.3 is 14.5 Å². The molecule has 1 N–H and O–H groups in total. The maximum atomic E-state index is 13.2. The van der Waals surface area contributed by atoms with E-state index in [0.29, 0.717) is 37.4 Å². The van der Waals surface area contributed by atoms with Gasteiger partial charge in [0.15, 0.2) is 5.69 Å². The van der Waals surface area contributed by atoms with Gasteiger partial charge in [-0.05, 0) is 36.6 Å². The highest BCUT2D eigenvalue weighted by Gasteiger charge is 2.40. The fraction of sp³-hybridized carbons (Fsp3) is 0.478. The summed E-state index contributed by atoms with van der Waals surface area (Å²) in [6, 6.07) is 4.76. The van der Waals surface area contributed by atoms with Crippen LogP contribution in [0.15, 0.2) is 24.4 Å². The molecule has 3 unspecified atom stereocenters. The number of aromatic nitrogens is 3. The van der Waals surface area contributed by atoms with Crippen LogP contribution in [0, 0.1) is 0 Å². The molecule has 0 bridgehead atoms. The molecule has 35 heavy (non-hydrogen) atoms. The number of thioether (sulfide) groups is 1. The maximum Gasteiger partial charge on any atom is 0.276 e. The Morgan fingerprint density at radius 3 is 2.94 bits per heavy atom. The van der Waals surface area contributed by atoms with Crippen LogP contribution in [-0.4, -0.2) is 91.3 Å². The number of amides is 4. The number of carbonyl (C=O) groups is 4. The first-order valence-electron chi connectivity index (χ1n) is 11.7. The Morgan fingerprint density at radius 2 is 2.09 bits per heavy atom. The number of nitrogens with one attached hydrogen (secondary N) is 1. The number of nitrogens with zero attached hydrogens (tertiary/aromatic N) is 5. The lowest BCUT2D eigenvalue weighted by molar-refractivity contribution is -0.136. The lowest BCUT2D eigenvalue weighted by Crippen LogP contribution is -2.54. The molecule has 3 atom stereocenters. The van der Waals surface area contributed by atoms with Gasteiger partial charge in [0.25, 0.3) is 11.8 Å². The van der Waals surface area contributed by atoms with E-state index in [0.717, 1.165) is 17.7 Å². The number of carbonyl (C=O) groups excluding carboxylic acids is 4. The third kappa shape index (κ3) is 3.90. The largest absolute Gasteiger partial charge is 0.380 e. The summed E-state index contributed by atoms with van der Waals surface area (Å²) in [5, 5.41) is 10.9. The van der Waals surface area contributed by atoms with Crippen molar-refractivity contribution in [2.75, 3.05) is 25.5 Å². The van der Waals surface area contributed by atoms with Crippen molar-refractivity contribution in [3.05, 3.63) is 41.2 Å². The van der Waals surface area contributed by atoms with E-state index >= 15 is 0 Å². The Bertz CT molecular complexity index is 1230. The summed E-state index contributed by atoms with van der Waals surface area (Å²) < 4.78 is 7.11. The number of hydrogen-bond acceptors (Lipinski definition) is 8. The number of hydrogen-bond donors (Lipinski definition) is 1. The van der Waals surface area contributed by atoms with Gasteiger partial charge in [-0.3, -0.25) is 24.5 Å². The van der Waals surface area contributed by atoms with Crippen LogP contribution in [0.2, 0.25) is 0 Å². The molecule has 12 heteroatoms. The minimum Gasteiger partial charge on any atom is -0.380 e. The van der Waals surface area contributed by atoms with Crippen molar-refractivity contribution in [1.82, 2.24) is 30.1 Å². The van der Waals surface area contributed by atoms with Crippen molar-refractivity contribution in [1.29, 1.82) is 0 Å². The van der Waals surface area contributed by atoms with E-state index in [4.69, 9.17) is 4.74 Å². The van der Waals surface area contributed by atoms with E-state index in [-0.39, 0.29) is 47.7 Å². The Morgan fingerprint density at radius 1 is 1.20 bits per heavy atom. The topological polar surface area (TPSA) is 127 Å². The van der Waals surface area contributed by atoms with Crippen LogP contribution in [0.4, 0.5) is 0 Å². The first-order chi connectivity index (χ1) is 17.0. The maximum absolute atomic E-state index is 13.2. The molecule has 3 fully saturated rings. The standard InChI is InChI=1S/C23H24N6O5S/c30-20-4-3-18(21(31)24-20)28-10-13-9-14(1-2-15(13)22(28)32)29-11-16(25-26-29)23(33)27-6-8-35-19-12-34-7-5-17(19)27/h1-2,9,11,17-19H,3-8,10,12H2,(H,24,30,31). The van der Waals surface area contributed by atoms with Gasteiger partial charge in [0.2, 0.25) is 11.8 Å². The van der Waals surface area contributed by atoms with Crippen LogP contribution >= 0.6 is 11.8 Å². The number of piperidine rings is 1. The molecular formula is C23H24N6O5S. The van der Waals surface area contributed by atoms with Gasteiger partial charge in [0, 0.05) is 48.7 Å². The molecular weight excluding hydrogens is 472 g/mol. The van der Waals surface area contributed by atoms with E-state index in [1.807, 2.05) is 22.7 Å². The lowest BCUT2D eigenvalue weighted by atomic mass is 10.0. The zero-order valence-corrected chi connectivity index (χ0v) is 19.7. The number of rotatable bonds is 3. The van der Waals surface area contributed by atoms with Crippen LogP contribution < -0.4 is 5.32 Å². The second kappa shape index (κ2) is 8.76. The zero-order chi connectivity index (χ0) is 24.1. The monoisotopic (exact) mass is 496 g/mol. The molecule has 6 rings (SSSR count). The third-order valence-corrected chi connectivity index (χ3v) is 8.38. The molecule has 11 nitrogen and oxygen atoms in total. The average Bonchev–Trinajstić information content (AvgIpc) is 3.48. The van der Waals surface area contributed by atoms with Crippen LogP contribution in [0.25, 0.3) is 5.69 Å². The summed E-state index contributed by atoms with van der Waals surface area (Å²) >= 11 is 1.85. The Kier molecular flexibility index (Phi) is 5.56. The van der Waals surface area contributed by atoms with Crippen LogP contribution in [-0.2, 0) is 20.9 Å². The first-order valence-corrected chi connectivity index (χ1v) is 12.7. The van der Waals surface area contributed by atoms with Gasteiger partial charge in [-0.1, -0.05) is 5.21 Å². The van der Waals surface area contributed by atoms with Crippen LogP contribution in [0.3, 0.4) is 0 Å². The smallest absolute Gasteiger partial charge is 0.276 e. The number of ether oxygens (including phenoxy) is 1. The Balaban J connectivity index is 1.20. The Labute approximate surface area is 205 Å². The van der Waals surface area contributed by atoms with Gasteiger partial charge in [-0.25, -0.2) is 4.68 Å². The predicted octanol–water partition coefficient (Wildman–Crippen LogP) is 0.375. The van der Waals surface area contributed by atoms with Gasteiger partial charge in [0.1, 0.15) is 6.04 Å². The van der Waals surface area contributed by atoms with Gasteiger partial charge >= 0.3 is 0 Å². The van der Waals surface area contributed by atoms with Crippen molar-refractivity contribution in [3.63, 3.8) is 0 Å². The van der Waals surface area contributed by atoms with Gasteiger partial charge in [-0.15, -0.1) is 5.10 Å². The number of benzene rings is 1. The molecule has 4 amide bonds. The minimum absolute atomic E-state index is 0.131. The third-order valence-electron chi connectivity index (χ3n) is 7.08. The molecule has 0 radical (unpaired) electrons. The normalized spacial score (nSPS) is 26.4. The van der Waals surface area contributed by atoms with E-state index in [2.05, 4.69) is 15.6 Å². The van der Waals surface area contributed by atoms with Crippen molar-refractivity contribution in [2.24, 2.45) is 0 Å². The first kappa shape index (κ1) is 22.2. The van der Waals surface area contributed by atoms with Crippen LogP contribution in [0.1, 0.15) is 45.7 Å². The second-order valence-electron chi connectivity index (χ2n) is 9.13. The highest BCUT2D eigenvalue weighted by Crippen LogP contribution is 2.32. The minimum atomic E-state index is -0.664. The number of fused-ring (bicyclic) bond motifs is 2. The summed E-state index contributed by atoms with van der Waals surface area (Å²) in [5.41, 5.74) is 2.24. The quantitative estimate of drug-likeness (QED) is 0.604. The molecule has 0 saturated carbocycles. The fourth-order valence-electron chi connectivity index (χ4n) is 5.28. The summed E-state index contributed by atoms with van der Waals surface area (Å²) in [6.45, 7) is 2.26. The van der Waals surface area contributed by atoms with Gasteiger partial charge in [0.05, 0.1) is 18.5 Å². The molecule has 2 aromatic rings. The van der Waals surface area contributed by atoms with Crippen LogP contribution in [0.5, 0.6) is 0 Å². The molecule has 0 spiro atoms. The van der Waals surface area contributed by atoms with E-state index in [1.165, 1.54) is 9.58 Å². The molecule has 4 aliphatic rings. The average molecular weight is 497 g/mol. The molecule has 0 aliphatic carbocycles. The Hall–Kier alpha value is -3.25.